The van der Waals surface area contributed by atoms with Gasteiger partial charge in [0.15, 0.2) is 0 Å². The summed E-state index contributed by atoms with van der Waals surface area (Å²) >= 11 is 6.17. The van der Waals surface area contributed by atoms with Crippen LogP contribution in [0.1, 0.15) is 18.4 Å². The van der Waals surface area contributed by atoms with Crippen molar-refractivity contribution >= 4 is 23.1 Å². The maximum atomic E-state index is 7.70. The molecule has 0 radical (unpaired) electrons. The Labute approximate surface area is 119 Å². The van der Waals surface area contributed by atoms with E-state index in [1.807, 2.05) is 12.1 Å². The van der Waals surface area contributed by atoms with Crippen molar-refractivity contribution in [2.24, 2.45) is 5.73 Å². The van der Waals surface area contributed by atoms with Gasteiger partial charge in [-0.1, -0.05) is 17.7 Å². The molecule has 0 saturated carbocycles. The zero-order valence-corrected chi connectivity index (χ0v) is 12.2. The minimum absolute atomic E-state index is 0.0373. The van der Waals surface area contributed by atoms with Crippen molar-refractivity contribution in [1.82, 2.24) is 4.90 Å². The Morgan fingerprint density at radius 3 is 2.53 bits per heavy atom. The van der Waals surface area contributed by atoms with E-state index in [1.165, 1.54) is 0 Å². The highest BCUT2D eigenvalue weighted by Crippen LogP contribution is 2.29. The molecule has 1 aliphatic rings. The predicted molar refractivity (Wildman–Crippen MR) is 81.4 cm³/mol. The average Bonchev–Trinajstić information content (AvgIpc) is 2.38. The zero-order chi connectivity index (χ0) is 14.0. The molecular weight excluding hydrogens is 260 g/mol. The lowest BCUT2D eigenvalue weighted by atomic mass is 10.0. The number of amidine groups is 1. The maximum Gasteiger partial charge on any atom is 0.126 e. The van der Waals surface area contributed by atoms with Crippen molar-refractivity contribution in [2.75, 3.05) is 32.1 Å². The molecule has 0 aliphatic carbocycles. The summed E-state index contributed by atoms with van der Waals surface area (Å²) in [6.07, 6.45) is 2.24. The number of hydrogen-bond donors (Lipinski definition) is 2. The summed E-state index contributed by atoms with van der Waals surface area (Å²) in [7, 11) is 4.25. The molecule has 0 bridgehead atoms. The van der Waals surface area contributed by atoms with Crippen LogP contribution in [0.2, 0.25) is 5.02 Å². The molecule has 1 aromatic carbocycles. The smallest absolute Gasteiger partial charge is 0.126 e. The molecule has 0 atom stereocenters. The average molecular weight is 281 g/mol. The van der Waals surface area contributed by atoms with Gasteiger partial charge in [0, 0.05) is 24.8 Å². The number of halogens is 1. The summed E-state index contributed by atoms with van der Waals surface area (Å²) in [5.74, 6) is 0.0373. The number of nitrogen functional groups attached to an aromatic ring is 1. The van der Waals surface area contributed by atoms with Crippen molar-refractivity contribution in [3.8, 4) is 0 Å². The second kappa shape index (κ2) is 5.80. The van der Waals surface area contributed by atoms with Crippen LogP contribution in [-0.2, 0) is 0 Å². The molecule has 5 heteroatoms. The first-order chi connectivity index (χ1) is 9.00. The molecule has 0 unspecified atom stereocenters. The highest BCUT2D eigenvalue weighted by molar-refractivity contribution is 6.34. The van der Waals surface area contributed by atoms with E-state index in [9.17, 15) is 0 Å². The van der Waals surface area contributed by atoms with Crippen LogP contribution in [0.3, 0.4) is 0 Å². The maximum absolute atomic E-state index is 7.70. The Kier molecular flexibility index (Phi) is 4.32. The fourth-order valence-electron chi connectivity index (χ4n) is 2.67. The molecule has 1 heterocycles. The van der Waals surface area contributed by atoms with Crippen molar-refractivity contribution in [1.29, 1.82) is 5.41 Å². The summed E-state index contributed by atoms with van der Waals surface area (Å²) < 4.78 is 0. The lowest BCUT2D eigenvalue weighted by Crippen LogP contribution is -2.42. The number of anilines is 1. The Morgan fingerprint density at radius 2 is 2.00 bits per heavy atom. The fraction of sp³-hybridized carbons (Fsp3) is 0.500. The minimum Gasteiger partial charge on any atom is -0.384 e. The standard InChI is InChI=1S/C14H21ClN4/c1-18(2)10-6-8-19(9-7-10)12-5-3-4-11(15)13(12)14(16)17/h3-5,10H,6-9H2,1-2H3,(H3,16,17). The van der Waals surface area contributed by atoms with Gasteiger partial charge in [0.05, 0.1) is 10.6 Å². The van der Waals surface area contributed by atoms with Crippen LogP contribution in [0.25, 0.3) is 0 Å². The third-order valence-electron chi connectivity index (χ3n) is 3.80. The van der Waals surface area contributed by atoms with Gasteiger partial charge in [0.25, 0.3) is 0 Å². The summed E-state index contributed by atoms with van der Waals surface area (Å²) in [6.45, 7) is 1.95. The first-order valence-electron chi connectivity index (χ1n) is 6.55. The lowest BCUT2D eigenvalue weighted by Gasteiger charge is -2.37. The van der Waals surface area contributed by atoms with E-state index in [2.05, 4.69) is 23.9 Å². The molecule has 104 valence electrons. The van der Waals surface area contributed by atoms with Gasteiger partial charge in [-0.2, -0.15) is 0 Å². The van der Waals surface area contributed by atoms with E-state index in [0.717, 1.165) is 31.6 Å². The highest BCUT2D eigenvalue weighted by Gasteiger charge is 2.23. The number of benzene rings is 1. The SMILES string of the molecule is CN(C)C1CCN(c2cccc(Cl)c2C(=N)N)CC1. The van der Waals surface area contributed by atoms with Crippen LogP contribution >= 0.6 is 11.6 Å². The zero-order valence-electron chi connectivity index (χ0n) is 11.5. The molecule has 4 nitrogen and oxygen atoms in total. The third kappa shape index (κ3) is 3.01. The fourth-order valence-corrected chi connectivity index (χ4v) is 2.94. The second-order valence-electron chi connectivity index (χ2n) is 5.23. The third-order valence-corrected chi connectivity index (χ3v) is 4.11. The summed E-state index contributed by atoms with van der Waals surface area (Å²) in [6, 6.07) is 6.34. The van der Waals surface area contributed by atoms with Crippen molar-refractivity contribution in [3.05, 3.63) is 28.8 Å². The number of nitrogens with one attached hydrogen (secondary N) is 1. The van der Waals surface area contributed by atoms with E-state index < -0.39 is 0 Å². The van der Waals surface area contributed by atoms with Gasteiger partial charge in [-0.15, -0.1) is 0 Å². The largest absolute Gasteiger partial charge is 0.384 e. The first kappa shape index (κ1) is 14.2. The minimum atomic E-state index is 0.0373. The van der Waals surface area contributed by atoms with Crippen LogP contribution < -0.4 is 10.6 Å². The highest BCUT2D eigenvalue weighted by atomic mass is 35.5. The summed E-state index contributed by atoms with van der Waals surface area (Å²) in [4.78, 5) is 4.56. The van der Waals surface area contributed by atoms with Crippen LogP contribution in [-0.4, -0.2) is 44.0 Å². The monoisotopic (exact) mass is 280 g/mol. The normalized spacial score (nSPS) is 16.9. The van der Waals surface area contributed by atoms with E-state index in [4.69, 9.17) is 22.7 Å². The van der Waals surface area contributed by atoms with E-state index >= 15 is 0 Å². The quantitative estimate of drug-likeness (QED) is 0.659. The number of rotatable bonds is 3. The number of piperidine rings is 1. The second-order valence-corrected chi connectivity index (χ2v) is 5.64. The molecule has 0 aromatic heterocycles. The number of nitrogens with zero attached hydrogens (tertiary/aromatic N) is 2. The van der Waals surface area contributed by atoms with Crippen molar-refractivity contribution < 1.29 is 0 Å². The molecule has 1 aliphatic heterocycles. The Balaban J connectivity index is 2.20. The van der Waals surface area contributed by atoms with Gasteiger partial charge in [-0.05, 0) is 39.1 Å². The molecule has 3 N–H and O–H groups in total. The van der Waals surface area contributed by atoms with Gasteiger partial charge in [-0.25, -0.2) is 0 Å². The van der Waals surface area contributed by atoms with Crippen LogP contribution in [0.4, 0.5) is 5.69 Å². The van der Waals surface area contributed by atoms with Crippen LogP contribution in [0.15, 0.2) is 18.2 Å². The Morgan fingerprint density at radius 1 is 1.37 bits per heavy atom. The van der Waals surface area contributed by atoms with Gasteiger partial charge in [-0.3, -0.25) is 5.41 Å². The van der Waals surface area contributed by atoms with Crippen molar-refractivity contribution in [2.45, 2.75) is 18.9 Å². The van der Waals surface area contributed by atoms with E-state index in [1.54, 1.807) is 6.07 Å². The Hall–Kier alpha value is -1.26. The number of hydrogen-bond acceptors (Lipinski definition) is 3. The molecule has 2 rings (SSSR count). The molecule has 1 fully saturated rings. The number of nitrogens with two attached hydrogens (primary N) is 1. The Bertz CT molecular complexity index is 465. The lowest BCUT2D eigenvalue weighted by molar-refractivity contribution is 0.249. The van der Waals surface area contributed by atoms with Gasteiger partial charge >= 0.3 is 0 Å². The topological polar surface area (TPSA) is 56.4 Å². The van der Waals surface area contributed by atoms with Crippen LogP contribution in [0.5, 0.6) is 0 Å². The molecule has 1 saturated heterocycles. The molecule has 1 aromatic rings. The van der Waals surface area contributed by atoms with Gasteiger partial charge < -0.3 is 15.5 Å². The molecule has 19 heavy (non-hydrogen) atoms. The van der Waals surface area contributed by atoms with Crippen molar-refractivity contribution in [3.63, 3.8) is 0 Å². The molecule has 0 amide bonds. The van der Waals surface area contributed by atoms with Gasteiger partial charge in [0.1, 0.15) is 5.84 Å². The summed E-state index contributed by atoms with van der Waals surface area (Å²) in [5.41, 5.74) is 7.30. The predicted octanol–water partition coefficient (Wildman–Crippen LogP) is 2.15. The van der Waals surface area contributed by atoms with Gasteiger partial charge in [0.2, 0.25) is 0 Å². The first-order valence-corrected chi connectivity index (χ1v) is 6.92. The molecule has 0 spiro atoms. The van der Waals surface area contributed by atoms with E-state index in [0.29, 0.717) is 16.6 Å². The van der Waals surface area contributed by atoms with E-state index in [-0.39, 0.29) is 5.84 Å². The van der Waals surface area contributed by atoms with Crippen LogP contribution in [0, 0.1) is 5.41 Å². The summed E-state index contributed by atoms with van der Waals surface area (Å²) in [5, 5.41) is 8.26. The molecular formula is C14H21ClN4.